The van der Waals surface area contributed by atoms with Crippen LogP contribution in [0.15, 0.2) is 82.6 Å². The minimum absolute atomic E-state index is 0.00954. The summed E-state index contributed by atoms with van der Waals surface area (Å²) in [5.74, 6) is -1.27. The number of hydrogen-bond donors (Lipinski definition) is 3. The minimum Gasteiger partial charge on any atom is -0.478 e. The molecule has 0 atom stereocenters. The van der Waals surface area contributed by atoms with Crippen molar-refractivity contribution >= 4 is 49.0 Å². The molecule has 0 saturated carbocycles. The number of hydrogen-bond acceptors (Lipinski definition) is 5. The molecule has 0 amide bonds. The molecule has 0 heterocycles. The highest BCUT2D eigenvalue weighted by Gasteiger charge is 2.19. The highest BCUT2D eigenvalue weighted by atomic mass is 35.5. The molecule has 0 aliphatic rings. The minimum atomic E-state index is -4.14. The molecular formula is C19H15ClN2O6S2. The van der Waals surface area contributed by atoms with Gasteiger partial charge < -0.3 is 5.11 Å². The highest BCUT2D eigenvalue weighted by molar-refractivity contribution is 7.93. The van der Waals surface area contributed by atoms with E-state index in [1.54, 1.807) is 12.1 Å². The fraction of sp³-hybridized carbons (Fsp3) is 0. The number of carboxylic acid groups (broad SMARTS) is 1. The first-order valence-electron chi connectivity index (χ1n) is 8.31. The molecule has 3 aromatic rings. The Morgan fingerprint density at radius 1 is 0.733 bits per heavy atom. The summed E-state index contributed by atoms with van der Waals surface area (Å²) < 4.78 is 55.0. The lowest BCUT2D eigenvalue weighted by molar-refractivity contribution is 0.0696. The van der Waals surface area contributed by atoms with E-state index in [-0.39, 0.29) is 26.7 Å². The van der Waals surface area contributed by atoms with Crippen LogP contribution in [0.25, 0.3) is 0 Å². The molecule has 0 aromatic heterocycles. The molecule has 3 rings (SSSR count). The summed E-state index contributed by atoms with van der Waals surface area (Å²) in [5, 5.41) is 9.38. The van der Waals surface area contributed by atoms with Crippen LogP contribution >= 0.6 is 11.6 Å². The van der Waals surface area contributed by atoms with Crippen molar-refractivity contribution in [1.82, 2.24) is 0 Å². The number of rotatable bonds is 7. The summed E-state index contributed by atoms with van der Waals surface area (Å²) in [6, 6.07) is 16.1. The van der Waals surface area contributed by atoms with Crippen molar-refractivity contribution in [1.29, 1.82) is 0 Å². The van der Waals surface area contributed by atoms with Crippen molar-refractivity contribution in [2.24, 2.45) is 0 Å². The van der Waals surface area contributed by atoms with Gasteiger partial charge in [-0.05, 0) is 54.6 Å². The maximum Gasteiger partial charge on any atom is 0.335 e. The Labute approximate surface area is 178 Å². The number of aromatic carboxylic acids is 1. The highest BCUT2D eigenvalue weighted by Crippen LogP contribution is 2.23. The summed E-state index contributed by atoms with van der Waals surface area (Å²) in [7, 11) is -8.15. The van der Waals surface area contributed by atoms with Gasteiger partial charge in [0.2, 0.25) is 0 Å². The molecule has 0 saturated heterocycles. The third-order valence-electron chi connectivity index (χ3n) is 3.86. The summed E-state index contributed by atoms with van der Waals surface area (Å²) in [5.41, 5.74) is 0.0450. The molecule has 0 fully saturated rings. The SMILES string of the molecule is O=C(O)c1cccc(S(=O)(=O)Nc2cccc(S(=O)(=O)Nc3cccc(Cl)c3)c2)c1. The van der Waals surface area contributed by atoms with E-state index in [0.717, 1.165) is 12.1 Å². The normalized spacial score (nSPS) is 11.6. The molecule has 0 radical (unpaired) electrons. The summed E-state index contributed by atoms with van der Waals surface area (Å²) in [6.45, 7) is 0. The van der Waals surface area contributed by atoms with Crippen molar-refractivity contribution < 1.29 is 26.7 Å². The largest absolute Gasteiger partial charge is 0.478 e. The second kappa shape index (κ2) is 8.34. The number of nitrogens with one attached hydrogen (secondary N) is 2. The van der Waals surface area contributed by atoms with Crippen molar-refractivity contribution in [3.8, 4) is 0 Å². The van der Waals surface area contributed by atoms with Gasteiger partial charge in [-0.15, -0.1) is 0 Å². The Morgan fingerprint density at radius 2 is 1.23 bits per heavy atom. The van der Waals surface area contributed by atoms with E-state index in [2.05, 4.69) is 9.44 Å². The molecule has 11 heteroatoms. The number of carbonyl (C=O) groups is 1. The molecule has 0 spiro atoms. The Bertz CT molecular complexity index is 1320. The summed E-state index contributed by atoms with van der Waals surface area (Å²) >= 11 is 5.86. The van der Waals surface area contributed by atoms with E-state index < -0.39 is 26.0 Å². The zero-order valence-corrected chi connectivity index (χ0v) is 17.5. The summed E-state index contributed by atoms with van der Waals surface area (Å²) in [4.78, 5) is 10.6. The lowest BCUT2D eigenvalue weighted by Gasteiger charge is -2.12. The number of benzene rings is 3. The zero-order chi connectivity index (χ0) is 21.9. The van der Waals surface area contributed by atoms with Crippen molar-refractivity contribution in [3.05, 3.63) is 83.4 Å². The monoisotopic (exact) mass is 466 g/mol. The molecule has 0 bridgehead atoms. The summed E-state index contributed by atoms with van der Waals surface area (Å²) in [6.07, 6.45) is 0. The molecular weight excluding hydrogens is 452 g/mol. The Morgan fingerprint density at radius 3 is 1.80 bits per heavy atom. The maximum atomic E-state index is 12.6. The van der Waals surface area contributed by atoms with Gasteiger partial charge in [0.15, 0.2) is 0 Å². The van der Waals surface area contributed by atoms with E-state index in [9.17, 15) is 21.6 Å². The van der Waals surface area contributed by atoms with Crippen molar-refractivity contribution in [2.75, 3.05) is 9.44 Å². The molecule has 0 unspecified atom stereocenters. The standard InChI is InChI=1S/C19H15ClN2O6S2/c20-14-5-2-6-15(11-14)21-30(27,28)18-9-3-7-16(12-18)22-29(25,26)17-8-1-4-13(10-17)19(23)24/h1-12,21-22H,(H,23,24). The van der Waals surface area contributed by atoms with Crippen LogP contribution in [0.2, 0.25) is 5.02 Å². The number of halogens is 1. The second-order valence-electron chi connectivity index (χ2n) is 6.08. The molecule has 0 aliphatic heterocycles. The topological polar surface area (TPSA) is 130 Å². The van der Waals surface area contributed by atoms with E-state index in [0.29, 0.717) is 5.02 Å². The van der Waals surface area contributed by atoms with Gasteiger partial charge in [0.05, 0.1) is 26.7 Å². The first kappa shape index (κ1) is 21.6. The van der Waals surface area contributed by atoms with Crippen LogP contribution in [0.5, 0.6) is 0 Å². The predicted molar refractivity (Wildman–Crippen MR) is 113 cm³/mol. The Kier molecular flexibility index (Phi) is 6.01. The van der Waals surface area contributed by atoms with Crippen LogP contribution < -0.4 is 9.44 Å². The molecule has 8 nitrogen and oxygen atoms in total. The molecule has 3 aromatic carbocycles. The van der Waals surface area contributed by atoms with Gasteiger partial charge >= 0.3 is 5.97 Å². The van der Waals surface area contributed by atoms with Crippen LogP contribution in [0.3, 0.4) is 0 Å². The predicted octanol–water partition coefficient (Wildman–Crippen LogP) is 3.64. The fourth-order valence-electron chi connectivity index (χ4n) is 2.50. The van der Waals surface area contributed by atoms with Gasteiger partial charge in [0.25, 0.3) is 20.0 Å². The average Bonchev–Trinajstić information content (AvgIpc) is 2.67. The zero-order valence-electron chi connectivity index (χ0n) is 15.1. The van der Waals surface area contributed by atoms with E-state index in [1.165, 1.54) is 48.5 Å². The third-order valence-corrected chi connectivity index (χ3v) is 6.86. The number of sulfonamides is 2. The van der Waals surface area contributed by atoms with Crippen LogP contribution in [-0.4, -0.2) is 27.9 Å². The van der Waals surface area contributed by atoms with E-state index >= 15 is 0 Å². The molecule has 3 N–H and O–H groups in total. The number of carboxylic acids is 1. The fourth-order valence-corrected chi connectivity index (χ4v) is 4.88. The third kappa shape index (κ3) is 5.09. The van der Waals surface area contributed by atoms with E-state index in [1.807, 2.05) is 0 Å². The van der Waals surface area contributed by atoms with Gasteiger partial charge in [0, 0.05) is 5.02 Å². The smallest absolute Gasteiger partial charge is 0.335 e. The second-order valence-corrected chi connectivity index (χ2v) is 9.88. The van der Waals surface area contributed by atoms with Crippen molar-refractivity contribution in [3.63, 3.8) is 0 Å². The first-order chi connectivity index (χ1) is 14.1. The molecule has 30 heavy (non-hydrogen) atoms. The average molecular weight is 467 g/mol. The van der Waals surface area contributed by atoms with Gasteiger partial charge in [-0.1, -0.05) is 29.8 Å². The van der Waals surface area contributed by atoms with E-state index in [4.69, 9.17) is 16.7 Å². The van der Waals surface area contributed by atoms with Crippen LogP contribution in [0.1, 0.15) is 10.4 Å². The van der Waals surface area contributed by atoms with Gasteiger partial charge in [-0.3, -0.25) is 9.44 Å². The van der Waals surface area contributed by atoms with Crippen molar-refractivity contribution in [2.45, 2.75) is 9.79 Å². The maximum absolute atomic E-state index is 12.6. The first-order valence-corrected chi connectivity index (χ1v) is 11.7. The Hall–Kier alpha value is -3.08. The lowest BCUT2D eigenvalue weighted by Crippen LogP contribution is -2.16. The number of anilines is 2. The van der Waals surface area contributed by atoms with Gasteiger partial charge in [-0.25, -0.2) is 21.6 Å². The van der Waals surface area contributed by atoms with Crippen LogP contribution in [0, 0.1) is 0 Å². The van der Waals surface area contributed by atoms with Crippen LogP contribution in [0.4, 0.5) is 11.4 Å². The van der Waals surface area contributed by atoms with Gasteiger partial charge in [-0.2, -0.15) is 0 Å². The lowest BCUT2D eigenvalue weighted by atomic mass is 10.2. The molecule has 156 valence electrons. The van der Waals surface area contributed by atoms with Crippen LogP contribution in [-0.2, 0) is 20.0 Å². The Balaban J connectivity index is 1.88. The van der Waals surface area contributed by atoms with Gasteiger partial charge in [0.1, 0.15) is 0 Å². The molecule has 0 aliphatic carbocycles. The quantitative estimate of drug-likeness (QED) is 0.487.